The van der Waals surface area contributed by atoms with Gasteiger partial charge in [-0.2, -0.15) is 0 Å². The first-order valence-electron chi connectivity index (χ1n) is 11.0. The van der Waals surface area contributed by atoms with E-state index in [2.05, 4.69) is 20.8 Å². The summed E-state index contributed by atoms with van der Waals surface area (Å²) in [4.78, 5) is 26.0. The minimum atomic E-state index is -2.24. The molecule has 0 saturated carbocycles. The lowest BCUT2D eigenvalue weighted by molar-refractivity contribution is 0.0981. The van der Waals surface area contributed by atoms with E-state index < -0.39 is 13.3 Å². The fourth-order valence-corrected chi connectivity index (χ4v) is 4.84. The molecule has 0 spiro atoms. The van der Waals surface area contributed by atoms with Gasteiger partial charge in [0.15, 0.2) is 11.9 Å². The monoisotopic (exact) mass is 457 g/mol. The second-order valence-corrected chi connectivity index (χ2v) is 10.4. The van der Waals surface area contributed by atoms with Gasteiger partial charge in [0.1, 0.15) is 17.1 Å². The van der Waals surface area contributed by atoms with Crippen LogP contribution in [0, 0.1) is 13.8 Å². The summed E-state index contributed by atoms with van der Waals surface area (Å²) in [5.41, 5.74) is 3.16. The van der Waals surface area contributed by atoms with Crippen LogP contribution in [0.2, 0.25) is 0 Å². The van der Waals surface area contributed by atoms with E-state index in [1.807, 2.05) is 39.8 Å². The highest BCUT2D eigenvalue weighted by Crippen LogP contribution is 2.36. The second-order valence-electron chi connectivity index (χ2n) is 8.81. The predicted molar refractivity (Wildman–Crippen MR) is 129 cm³/mol. The van der Waals surface area contributed by atoms with Crippen LogP contribution in [-0.4, -0.2) is 30.7 Å². The zero-order chi connectivity index (χ0) is 24.1. The molecule has 0 aliphatic rings. The van der Waals surface area contributed by atoms with Gasteiger partial charge >= 0.3 is 13.3 Å². The van der Waals surface area contributed by atoms with Crippen molar-refractivity contribution in [2.45, 2.75) is 60.3 Å². The summed E-state index contributed by atoms with van der Waals surface area (Å²) in [6.07, 6.45) is -0.0395. The van der Waals surface area contributed by atoms with Crippen molar-refractivity contribution in [1.82, 2.24) is 0 Å². The van der Waals surface area contributed by atoms with Gasteiger partial charge in [0.05, 0.1) is 25.2 Å². The fourth-order valence-electron chi connectivity index (χ4n) is 3.63. The molecule has 0 saturated heterocycles. The van der Waals surface area contributed by atoms with Crippen LogP contribution in [0.4, 0.5) is 0 Å². The molecule has 1 atom stereocenters. The molecule has 0 aliphatic heterocycles. The molecule has 0 heterocycles. The fraction of sp³-hybridized carbons (Fsp3) is 0.462. The summed E-state index contributed by atoms with van der Waals surface area (Å²) in [5, 5.41) is 0. The van der Waals surface area contributed by atoms with Crippen LogP contribution in [0.1, 0.15) is 78.4 Å². The summed E-state index contributed by atoms with van der Waals surface area (Å²) in [6, 6.07) is 9.17. The molecule has 6 heteroatoms. The quantitative estimate of drug-likeness (QED) is 0.295. The summed E-state index contributed by atoms with van der Waals surface area (Å²) in [6.45, 7) is 14.6. The van der Waals surface area contributed by atoms with E-state index in [1.54, 1.807) is 18.2 Å². The Morgan fingerprint density at radius 2 is 1.41 bits per heavy atom. The number of Topliss-reactive ketones (excluding diaryl/α,β-unsaturated/α-hetero) is 1. The Morgan fingerprint density at radius 1 is 0.906 bits per heavy atom. The third-order valence-corrected chi connectivity index (χ3v) is 6.55. The number of benzene rings is 2. The van der Waals surface area contributed by atoms with Crippen LogP contribution in [0.25, 0.3) is 0 Å². The van der Waals surface area contributed by atoms with Crippen LogP contribution in [-0.2, 0) is 9.98 Å². The maximum absolute atomic E-state index is 13.0. The van der Waals surface area contributed by atoms with Crippen molar-refractivity contribution < 1.29 is 23.6 Å². The smallest absolute Gasteiger partial charge is 0.420 e. The van der Waals surface area contributed by atoms with Gasteiger partial charge in [-0.25, -0.2) is 4.79 Å². The lowest BCUT2D eigenvalue weighted by atomic mass is 9.84. The van der Waals surface area contributed by atoms with E-state index in [0.29, 0.717) is 35.8 Å². The van der Waals surface area contributed by atoms with Gasteiger partial charge < -0.3 is 9.47 Å². The van der Waals surface area contributed by atoms with Gasteiger partial charge in [-0.15, -0.1) is 0 Å². The van der Waals surface area contributed by atoms with Gasteiger partial charge in [0.2, 0.25) is 0 Å². The second kappa shape index (κ2) is 10.9. The number of hydrogen-bond donors (Lipinski definition) is 0. The largest absolute Gasteiger partial charge is 0.493 e. The van der Waals surface area contributed by atoms with Gasteiger partial charge in [-0.1, -0.05) is 43.5 Å². The molecule has 0 amide bonds. The number of carbonyl (C=O) groups is 2. The lowest BCUT2D eigenvalue weighted by Crippen LogP contribution is -2.14. The molecule has 2 aromatic rings. The number of aryl methyl sites for hydroxylation is 2. The molecule has 0 N–H and O–H groups in total. The SMILES string of the molecule is CCOc1cccc(OCC)c1C(=O)CC[P+](=O)C(=O)c1c(C)cc(C(C)(C)C)cc1C. The van der Waals surface area contributed by atoms with Crippen LogP contribution in [0.5, 0.6) is 11.5 Å². The molecule has 0 bridgehead atoms. The zero-order valence-corrected chi connectivity index (χ0v) is 21.1. The Hall–Kier alpha value is -2.52. The van der Waals surface area contributed by atoms with Crippen molar-refractivity contribution in [3.05, 3.63) is 58.1 Å². The molecular formula is C26H34O5P+. The van der Waals surface area contributed by atoms with Crippen molar-refractivity contribution in [1.29, 1.82) is 0 Å². The van der Waals surface area contributed by atoms with Gasteiger partial charge in [-0.3, -0.25) is 4.79 Å². The Labute approximate surface area is 192 Å². The molecule has 172 valence electrons. The molecule has 2 aromatic carbocycles. The highest BCUT2D eigenvalue weighted by Gasteiger charge is 2.34. The van der Waals surface area contributed by atoms with Crippen LogP contribution < -0.4 is 9.47 Å². The Balaban J connectivity index is 2.22. The molecule has 0 aromatic heterocycles. The minimum Gasteiger partial charge on any atom is -0.493 e. The third kappa shape index (κ3) is 6.04. The van der Waals surface area contributed by atoms with E-state index in [-0.39, 0.29) is 23.8 Å². The third-order valence-electron chi connectivity index (χ3n) is 5.25. The minimum absolute atomic E-state index is 0.0150. The van der Waals surface area contributed by atoms with Crippen LogP contribution >= 0.6 is 7.80 Å². The summed E-state index contributed by atoms with van der Waals surface area (Å²) >= 11 is 0. The average Bonchev–Trinajstić information content (AvgIpc) is 2.71. The summed E-state index contributed by atoms with van der Waals surface area (Å²) in [7, 11) is -2.24. The first-order valence-corrected chi connectivity index (χ1v) is 12.5. The van der Waals surface area contributed by atoms with Crippen molar-refractivity contribution in [3.8, 4) is 11.5 Å². The first kappa shape index (κ1) is 25.7. The Kier molecular flexibility index (Phi) is 8.74. The highest BCUT2D eigenvalue weighted by atomic mass is 31.1. The summed E-state index contributed by atoms with van der Waals surface area (Å²) < 4.78 is 24.1. The predicted octanol–water partition coefficient (Wildman–Crippen LogP) is 6.64. The summed E-state index contributed by atoms with van der Waals surface area (Å²) in [5.74, 6) is 0.633. The molecular weight excluding hydrogens is 423 g/mol. The van der Waals surface area contributed by atoms with E-state index in [9.17, 15) is 14.2 Å². The normalized spacial score (nSPS) is 11.8. The topological polar surface area (TPSA) is 69.7 Å². The van der Waals surface area contributed by atoms with E-state index in [4.69, 9.17) is 9.47 Å². The number of ether oxygens (including phenoxy) is 2. The molecule has 2 rings (SSSR count). The first-order chi connectivity index (χ1) is 15.0. The van der Waals surface area contributed by atoms with Crippen molar-refractivity contribution >= 4 is 19.1 Å². The highest BCUT2D eigenvalue weighted by molar-refractivity contribution is 7.64. The maximum Gasteiger partial charge on any atom is 0.420 e. The molecule has 32 heavy (non-hydrogen) atoms. The number of ketones is 1. The number of carbonyl (C=O) groups excluding carboxylic acids is 2. The Bertz CT molecular complexity index is 970. The lowest BCUT2D eigenvalue weighted by Gasteiger charge is -2.21. The zero-order valence-electron chi connectivity index (χ0n) is 20.2. The number of hydrogen-bond acceptors (Lipinski definition) is 5. The maximum atomic E-state index is 13.0. The van der Waals surface area contributed by atoms with E-state index in [0.717, 1.165) is 16.7 Å². The molecule has 5 nitrogen and oxygen atoms in total. The van der Waals surface area contributed by atoms with Gasteiger partial charge in [0, 0.05) is 0 Å². The van der Waals surface area contributed by atoms with Gasteiger partial charge in [-0.05, 0) is 61.9 Å². The standard InChI is InChI=1S/C26H34O5P/c1-8-30-21-11-10-12-22(31-9-2)24(21)20(27)13-14-32(29)25(28)23-17(3)15-19(16-18(23)4)26(5,6)7/h10-12,15-16H,8-9,13-14H2,1-7H3/q+1. The van der Waals surface area contributed by atoms with Crippen molar-refractivity contribution in [3.63, 3.8) is 0 Å². The van der Waals surface area contributed by atoms with Crippen LogP contribution in [0.15, 0.2) is 30.3 Å². The Morgan fingerprint density at radius 3 is 1.84 bits per heavy atom. The van der Waals surface area contributed by atoms with Crippen molar-refractivity contribution in [2.24, 2.45) is 0 Å². The van der Waals surface area contributed by atoms with E-state index in [1.165, 1.54) is 0 Å². The van der Waals surface area contributed by atoms with E-state index >= 15 is 0 Å². The molecule has 0 radical (unpaired) electrons. The molecule has 1 unspecified atom stereocenters. The average molecular weight is 458 g/mol. The van der Waals surface area contributed by atoms with Crippen molar-refractivity contribution in [2.75, 3.05) is 19.4 Å². The molecule has 0 aliphatic carbocycles. The van der Waals surface area contributed by atoms with Crippen LogP contribution in [0.3, 0.4) is 0 Å². The van der Waals surface area contributed by atoms with Gasteiger partial charge in [0.25, 0.3) is 0 Å². The molecule has 0 fully saturated rings. The number of rotatable bonds is 10.